The first-order valence-corrected chi connectivity index (χ1v) is 6.14. The quantitative estimate of drug-likeness (QED) is 0.660. The van der Waals surface area contributed by atoms with Crippen molar-refractivity contribution in [3.63, 3.8) is 0 Å². The molecule has 4 heteroatoms. The van der Waals surface area contributed by atoms with Crippen LogP contribution in [-0.2, 0) is 0 Å². The number of hydrogen-bond donors (Lipinski definition) is 2. The molecule has 94 valence electrons. The molecular formula is C14H16ClN3. The second kappa shape index (κ2) is 5.48. The summed E-state index contributed by atoms with van der Waals surface area (Å²) in [5, 5.41) is 0.761. The van der Waals surface area contributed by atoms with Gasteiger partial charge < -0.3 is 0 Å². The molecule has 2 aromatic rings. The van der Waals surface area contributed by atoms with Crippen LogP contribution in [0.25, 0.3) is 0 Å². The van der Waals surface area contributed by atoms with Gasteiger partial charge in [-0.1, -0.05) is 29.8 Å². The number of nitrogens with zero attached hydrogens (tertiary/aromatic N) is 1. The number of benzene rings is 1. The van der Waals surface area contributed by atoms with Crippen molar-refractivity contribution in [1.82, 2.24) is 10.4 Å². The van der Waals surface area contributed by atoms with Crippen molar-refractivity contribution in [2.75, 3.05) is 0 Å². The zero-order chi connectivity index (χ0) is 13.1. The molecule has 0 saturated heterocycles. The summed E-state index contributed by atoms with van der Waals surface area (Å²) in [4.78, 5) is 4.29. The minimum Gasteiger partial charge on any atom is -0.271 e. The third-order valence-corrected chi connectivity index (χ3v) is 3.37. The van der Waals surface area contributed by atoms with E-state index in [9.17, 15) is 0 Å². The smallest absolute Gasteiger partial charge is 0.0725 e. The minimum absolute atomic E-state index is 0.0749. The lowest BCUT2D eigenvalue weighted by molar-refractivity contribution is 0.634. The molecule has 0 aliphatic carbocycles. The monoisotopic (exact) mass is 261 g/mol. The Labute approximate surface area is 112 Å². The molecule has 1 heterocycles. The third kappa shape index (κ3) is 2.70. The number of hydrazine groups is 1. The summed E-state index contributed by atoms with van der Waals surface area (Å²) in [7, 11) is 0. The average molecular weight is 262 g/mol. The van der Waals surface area contributed by atoms with E-state index in [-0.39, 0.29) is 6.04 Å². The van der Waals surface area contributed by atoms with Crippen LogP contribution in [0.1, 0.15) is 28.4 Å². The molecule has 18 heavy (non-hydrogen) atoms. The third-order valence-electron chi connectivity index (χ3n) is 2.95. The van der Waals surface area contributed by atoms with Gasteiger partial charge in [0.2, 0.25) is 0 Å². The Bertz CT molecular complexity index is 537. The normalized spacial score (nSPS) is 12.4. The standard InChI is InChI=1S/C14H16ClN3/c1-9-7-11(5-6-13(9)15)14(18-16)12-4-3-10(2)17-8-12/h3-8,14,18H,16H2,1-2H3. The van der Waals surface area contributed by atoms with Gasteiger partial charge in [0.25, 0.3) is 0 Å². The topological polar surface area (TPSA) is 50.9 Å². The van der Waals surface area contributed by atoms with Crippen molar-refractivity contribution >= 4 is 11.6 Å². The van der Waals surface area contributed by atoms with Gasteiger partial charge in [-0.2, -0.15) is 0 Å². The van der Waals surface area contributed by atoms with Crippen LogP contribution < -0.4 is 11.3 Å². The molecule has 0 aliphatic heterocycles. The van der Waals surface area contributed by atoms with Crippen LogP contribution >= 0.6 is 11.6 Å². The Morgan fingerprint density at radius 1 is 1.17 bits per heavy atom. The highest BCUT2D eigenvalue weighted by atomic mass is 35.5. The highest BCUT2D eigenvalue weighted by molar-refractivity contribution is 6.31. The van der Waals surface area contributed by atoms with Gasteiger partial charge in [-0.15, -0.1) is 0 Å². The Morgan fingerprint density at radius 3 is 2.44 bits per heavy atom. The predicted molar refractivity (Wildman–Crippen MR) is 74.3 cm³/mol. The van der Waals surface area contributed by atoms with Crippen molar-refractivity contribution in [3.05, 3.63) is 63.9 Å². The maximum atomic E-state index is 6.03. The van der Waals surface area contributed by atoms with Crippen LogP contribution in [0, 0.1) is 13.8 Å². The van der Waals surface area contributed by atoms with Crippen LogP contribution in [0.5, 0.6) is 0 Å². The van der Waals surface area contributed by atoms with Crippen molar-refractivity contribution < 1.29 is 0 Å². The highest BCUT2D eigenvalue weighted by Gasteiger charge is 2.13. The Balaban J connectivity index is 2.38. The number of nitrogens with two attached hydrogens (primary N) is 1. The molecule has 0 amide bonds. The molecule has 1 atom stereocenters. The maximum Gasteiger partial charge on any atom is 0.0725 e. The second-order valence-corrected chi connectivity index (χ2v) is 4.75. The minimum atomic E-state index is -0.0749. The van der Waals surface area contributed by atoms with E-state index in [2.05, 4.69) is 10.4 Å². The zero-order valence-electron chi connectivity index (χ0n) is 10.4. The van der Waals surface area contributed by atoms with E-state index in [0.717, 1.165) is 27.4 Å². The number of hydrogen-bond acceptors (Lipinski definition) is 3. The molecule has 1 aromatic carbocycles. The summed E-state index contributed by atoms with van der Waals surface area (Å²) >= 11 is 6.03. The fourth-order valence-electron chi connectivity index (χ4n) is 1.88. The van der Waals surface area contributed by atoms with E-state index in [0.29, 0.717) is 0 Å². The lowest BCUT2D eigenvalue weighted by atomic mass is 9.99. The fraction of sp³-hybridized carbons (Fsp3) is 0.214. The highest BCUT2D eigenvalue weighted by Crippen LogP contribution is 2.24. The van der Waals surface area contributed by atoms with Crippen molar-refractivity contribution in [1.29, 1.82) is 0 Å². The molecular weight excluding hydrogens is 246 g/mol. The summed E-state index contributed by atoms with van der Waals surface area (Å²) in [5.74, 6) is 5.65. The van der Waals surface area contributed by atoms with Gasteiger partial charge in [0.15, 0.2) is 0 Å². The number of nitrogens with one attached hydrogen (secondary N) is 1. The first kappa shape index (κ1) is 13.0. The molecule has 0 aliphatic rings. The lowest BCUT2D eigenvalue weighted by Crippen LogP contribution is -2.29. The van der Waals surface area contributed by atoms with Crippen molar-refractivity contribution in [2.45, 2.75) is 19.9 Å². The Hall–Kier alpha value is -1.42. The number of halogens is 1. The van der Waals surface area contributed by atoms with E-state index in [1.165, 1.54) is 0 Å². The van der Waals surface area contributed by atoms with E-state index in [1.54, 1.807) is 0 Å². The molecule has 0 radical (unpaired) electrons. The molecule has 2 rings (SSSR count). The lowest BCUT2D eigenvalue weighted by Gasteiger charge is -2.17. The van der Waals surface area contributed by atoms with Gasteiger partial charge in [0.1, 0.15) is 0 Å². The van der Waals surface area contributed by atoms with Gasteiger partial charge in [-0.05, 0) is 42.7 Å². The summed E-state index contributed by atoms with van der Waals surface area (Å²) < 4.78 is 0. The van der Waals surface area contributed by atoms with Crippen LogP contribution in [0.3, 0.4) is 0 Å². The first-order chi connectivity index (χ1) is 8.61. The number of pyridine rings is 1. The predicted octanol–water partition coefficient (Wildman–Crippen LogP) is 2.90. The maximum absolute atomic E-state index is 6.03. The van der Waals surface area contributed by atoms with Crippen LogP contribution in [0.4, 0.5) is 0 Å². The summed E-state index contributed by atoms with van der Waals surface area (Å²) in [6.07, 6.45) is 1.84. The van der Waals surface area contributed by atoms with Crippen LogP contribution in [0.2, 0.25) is 5.02 Å². The van der Waals surface area contributed by atoms with Crippen molar-refractivity contribution in [3.8, 4) is 0 Å². The van der Waals surface area contributed by atoms with E-state index in [4.69, 9.17) is 17.4 Å². The molecule has 0 fully saturated rings. The largest absolute Gasteiger partial charge is 0.271 e. The number of rotatable bonds is 3. The van der Waals surface area contributed by atoms with E-state index in [1.807, 2.05) is 50.4 Å². The van der Waals surface area contributed by atoms with Gasteiger partial charge in [-0.3, -0.25) is 10.8 Å². The molecule has 0 saturated carbocycles. The molecule has 1 aromatic heterocycles. The SMILES string of the molecule is Cc1ccc(C(NN)c2ccc(Cl)c(C)c2)cn1. The number of aryl methyl sites for hydroxylation is 2. The van der Waals surface area contributed by atoms with Gasteiger partial charge in [0.05, 0.1) is 6.04 Å². The van der Waals surface area contributed by atoms with Crippen LogP contribution in [-0.4, -0.2) is 4.98 Å². The van der Waals surface area contributed by atoms with Crippen molar-refractivity contribution in [2.24, 2.45) is 5.84 Å². The van der Waals surface area contributed by atoms with Gasteiger partial charge >= 0.3 is 0 Å². The average Bonchev–Trinajstić information content (AvgIpc) is 2.37. The van der Waals surface area contributed by atoms with E-state index < -0.39 is 0 Å². The Morgan fingerprint density at radius 2 is 1.89 bits per heavy atom. The molecule has 3 nitrogen and oxygen atoms in total. The fourth-order valence-corrected chi connectivity index (χ4v) is 2.00. The molecule has 1 unspecified atom stereocenters. The summed E-state index contributed by atoms with van der Waals surface area (Å²) in [6.45, 7) is 3.94. The number of aromatic nitrogens is 1. The molecule has 3 N–H and O–H groups in total. The zero-order valence-corrected chi connectivity index (χ0v) is 11.2. The van der Waals surface area contributed by atoms with Gasteiger partial charge in [0, 0.05) is 16.9 Å². The van der Waals surface area contributed by atoms with Gasteiger partial charge in [-0.25, -0.2) is 5.43 Å². The Kier molecular flexibility index (Phi) is 3.97. The second-order valence-electron chi connectivity index (χ2n) is 4.34. The van der Waals surface area contributed by atoms with E-state index >= 15 is 0 Å². The summed E-state index contributed by atoms with van der Waals surface area (Å²) in [5.41, 5.74) is 6.95. The molecule has 0 spiro atoms. The molecule has 0 bridgehead atoms. The summed E-state index contributed by atoms with van der Waals surface area (Å²) in [6, 6.07) is 9.82. The van der Waals surface area contributed by atoms with Crippen LogP contribution in [0.15, 0.2) is 36.5 Å². The first-order valence-electron chi connectivity index (χ1n) is 5.76.